The Morgan fingerprint density at radius 1 is 1.21 bits per heavy atom. The molecular formula is C17H26N2. The predicted octanol–water partition coefficient (Wildman–Crippen LogP) is 2.60. The zero-order valence-corrected chi connectivity index (χ0v) is 12.1. The number of fused-ring (bicyclic) bond motifs is 1. The molecule has 2 nitrogen and oxygen atoms in total. The van der Waals surface area contributed by atoms with Crippen LogP contribution in [0.5, 0.6) is 0 Å². The molecule has 0 radical (unpaired) electrons. The van der Waals surface area contributed by atoms with Gasteiger partial charge in [0, 0.05) is 12.1 Å². The number of hydrogen-bond donors (Lipinski definition) is 1. The average molecular weight is 258 g/mol. The molecule has 0 aromatic heterocycles. The smallest absolute Gasteiger partial charge is 0.0375 e. The van der Waals surface area contributed by atoms with Gasteiger partial charge in [-0.2, -0.15) is 0 Å². The van der Waals surface area contributed by atoms with Crippen LogP contribution in [0.2, 0.25) is 0 Å². The Morgan fingerprint density at radius 2 is 1.89 bits per heavy atom. The highest BCUT2D eigenvalue weighted by molar-refractivity contribution is 5.32. The molecule has 0 spiro atoms. The van der Waals surface area contributed by atoms with Crippen LogP contribution in [0.3, 0.4) is 0 Å². The van der Waals surface area contributed by atoms with Gasteiger partial charge in [0.25, 0.3) is 0 Å². The van der Waals surface area contributed by atoms with Crippen LogP contribution >= 0.6 is 0 Å². The quantitative estimate of drug-likeness (QED) is 0.883. The lowest BCUT2D eigenvalue weighted by atomic mass is 9.75. The van der Waals surface area contributed by atoms with Crippen LogP contribution in [0.4, 0.5) is 0 Å². The molecule has 104 valence electrons. The SMILES string of the molecule is CC1CCN(C2(CN)CCc3ccccc3C2)CC1. The molecule has 1 aromatic rings. The Morgan fingerprint density at radius 3 is 2.58 bits per heavy atom. The van der Waals surface area contributed by atoms with Crippen LogP contribution in [0.1, 0.15) is 37.3 Å². The molecule has 2 heteroatoms. The third kappa shape index (κ3) is 2.44. The molecule has 1 unspecified atom stereocenters. The molecule has 1 heterocycles. The first-order valence-electron chi connectivity index (χ1n) is 7.75. The second-order valence-electron chi connectivity index (χ2n) is 6.54. The molecule has 1 aliphatic heterocycles. The first-order chi connectivity index (χ1) is 9.23. The van der Waals surface area contributed by atoms with Gasteiger partial charge in [0.2, 0.25) is 0 Å². The van der Waals surface area contributed by atoms with Gasteiger partial charge in [-0.3, -0.25) is 4.90 Å². The van der Waals surface area contributed by atoms with Gasteiger partial charge in [-0.05, 0) is 62.2 Å². The highest BCUT2D eigenvalue weighted by Gasteiger charge is 2.39. The molecular weight excluding hydrogens is 232 g/mol. The van der Waals surface area contributed by atoms with E-state index in [0.29, 0.717) is 0 Å². The monoisotopic (exact) mass is 258 g/mol. The maximum absolute atomic E-state index is 6.22. The first-order valence-corrected chi connectivity index (χ1v) is 7.75. The van der Waals surface area contributed by atoms with Crippen LogP contribution in [0.15, 0.2) is 24.3 Å². The fraction of sp³-hybridized carbons (Fsp3) is 0.647. The maximum Gasteiger partial charge on any atom is 0.0375 e. The minimum absolute atomic E-state index is 0.231. The van der Waals surface area contributed by atoms with Crippen molar-refractivity contribution in [1.82, 2.24) is 4.90 Å². The van der Waals surface area contributed by atoms with Crippen LogP contribution in [-0.4, -0.2) is 30.1 Å². The van der Waals surface area contributed by atoms with E-state index in [4.69, 9.17) is 5.73 Å². The highest BCUT2D eigenvalue weighted by Crippen LogP contribution is 2.35. The summed E-state index contributed by atoms with van der Waals surface area (Å²) in [6.07, 6.45) is 6.25. The van der Waals surface area contributed by atoms with E-state index in [1.165, 1.54) is 49.9 Å². The first kappa shape index (κ1) is 13.1. The largest absolute Gasteiger partial charge is 0.329 e. The molecule has 0 saturated carbocycles. The van der Waals surface area contributed by atoms with E-state index < -0.39 is 0 Å². The fourth-order valence-corrected chi connectivity index (χ4v) is 3.84. The van der Waals surface area contributed by atoms with Crippen molar-refractivity contribution in [3.8, 4) is 0 Å². The van der Waals surface area contributed by atoms with Crippen molar-refractivity contribution in [3.05, 3.63) is 35.4 Å². The predicted molar refractivity (Wildman–Crippen MR) is 80.2 cm³/mol. The molecule has 1 saturated heterocycles. The van der Waals surface area contributed by atoms with Gasteiger partial charge >= 0.3 is 0 Å². The van der Waals surface area contributed by atoms with Crippen molar-refractivity contribution in [1.29, 1.82) is 0 Å². The standard InChI is InChI=1S/C17H26N2/c1-14-7-10-19(11-8-14)17(13-18)9-6-15-4-2-3-5-16(15)12-17/h2-5,14H,6-13,18H2,1H3. The minimum Gasteiger partial charge on any atom is -0.329 e. The van der Waals surface area contributed by atoms with Crippen molar-refractivity contribution >= 4 is 0 Å². The third-order valence-corrected chi connectivity index (χ3v) is 5.33. The van der Waals surface area contributed by atoms with E-state index in [-0.39, 0.29) is 5.54 Å². The normalized spacial score (nSPS) is 29.2. The number of nitrogens with zero attached hydrogens (tertiary/aromatic N) is 1. The summed E-state index contributed by atoms with van der Waals surface area (Å²) in [5, 5.41) is 0. The molecule has 1 aliphatic carbocycles. The number of piperidine rings is 1. The van der Waals surface area contributed by atoms with Crippen LogP contribution in [-0.2, 0) is 12.8 Å². The fourth-order valence-electron chi connectivity index (χ4n) is 3.84. The summed E-state index contributed by atoms with van der Waals surface area (Å²) in [5.74, 6) is 0.891. The third-order valence-electron chi connectivity index (χ3n) is 5.33. The lowest BCUT2D eigenvalue weighted by Crippen LogP contribution is -2.59. The average Bonchev–Trinajstić information content (AvgIpc) is 2.47. The van der Waals surface area contributed by atoms with Gasteiger partial charge < -0.3 is 5.73 Å². The molecule has 0 amide bonds. The summed E-state index contributed by atoms with van der Waals surface area (Å²) in [6, 6.07) is 8.92. The van der Waals surface area contributed by atoms with Gasteiger partial charge in [-0.1, -0.05) is 31.2 Å². The molecule has 0 bridgehead atoms. The molecule has 2 aliphatic rings. The summed E-state index contributed by atoms with van der Waals surface area (Å²) in [4.78, 5) is 2.70. The number of hydrogen-bond acceptors (Lipinski definition) is 2. The second kappa shape index (κ2) is 5.26. The number of rotatable bonds is 2. The van der Waals surface area contributed by atoms with Gasteiger partial charge in [-0.25, -0.2) is 0 Å². The number of aryl methyl sites for hydroxylation is 1. The lowest BCUT2D eigenvalue weighted by molar-refractivity contribution is 0.0465. The van der Waals surface area contributed by atoms with Gasteiger partial charge in [-0.15, -0.1) is 0 Å². The van der Waals surface area contributed by atoms with Crippen molar-refractivity contribution in [2.24, 2.45) is 11.7 Å². The van der Waals surface area contributed by atoms with Crippen molar-refractivity contribution in [2.45, 2.75) is 44.6 Å². The number of likely N-dealkylation sites (tertiary alicyclic amines) is 1. The van der Waals surface area contributed by atoms with E-state index in [9.17, 15) is 0 Å². The minimum atomic E-state index is 0.231. The topological polar surface area (TPSA) is 29.3 Å². The zero-order chi connectivity index (χ0) is 13.3. The summed E-state index contributed by atoms with van der Waals surface area (Å²) in [5.41, 5.74) is 9.51. The van der Waals surface area contributed by atoms with E-state index >= 15 is 0 Å². The molecule has 2 N–H and O–H groups in total. The second-order valence-corrected chi connectivity index (χ2v) is 6.54. The van der Waals surface area contributed by atoms with E-state index in [1.807, 2.05) is 0 Å². The van der Waals surface area contributed by atoms with Crippen molar-refractivity contribution in [2.75, 3.05) is 19.6 Å². The number of benzene rings is 1. The summed E-state index contributed by atoms with van der Waals surface area (Å²) >= 11 is 0. The van der Waals surface area contributed by atoms with Crippen molar-refractivity contribution in [3.63, 3.8) is 0 Å². The molecule has 19 heavy (non-hydrogen) atoms. The summed E-state index contributed by atoms with van der Waals surface area (Å²) < 4.78 is 0. The summed E-state index contributed by atoms with van der Waals surface area (Å²) in [7, 11) is 0. The van der Waals surface area contributed by atoms with Crippen LogP contribution < -0.4 is 5.73 Å². The van der Waals surface area contributed by atoms with Gasteiger partial charge in [0.1, 0.15) is 0 Å². The molecule has 3 rings (SSSR count). The van der Waals surface area contributed by atoms with Gasteiger partial charge in [0.15, 0.2) is 0 Å². The zero-order valence-electron chi connectivity index (χ0n) is 12.1. The Kier molecular flexibility index (Phi) is 3.64. The van der Waals surface area contributed by atoms with Gasteiger partial charge in [0.05, 0.1) is 0 Å². The Bertz CT molecular complexity index is 435. The highest BCUT2D eigenvalue weighted by atomic mass is 15.2. The molecule has 1 atom stereocenters. The van der Waals surface area contributed by atoms with Crippen LogP contribution in [0.25, 0.3) is 0 Å². The van der Waals surface area contributed by atoms with E-state index in [1.54, 1.807) is 0 Å². The lowest BCUT2D eigenvalue weighted by Gasteiger charge is -2.49. The van der Waals surface area contributed by atoms with E-state index in [0.717, 1.165) is 18.9 Å². The Balaban J connectivity index is 1.81. The molecule has 1 fully saturated rings. The van der Waals surface area contributed by atoms with Crippen molar-refractivity contribution < 1.29 is 0 Å². The number of nitrogens with two attached hydrogens (primary N) is 1. The Hall–Kier alpha value is -0.860. The summed E-state index contributed by atoms with van der Waals surface area (Å²) in [6.45, 7) is 5.65. The van der Waals surface area contributed by atoms with Crippen LogP contribution in [0, 0.1) is 5.92 Å². The Labute approximate surface area is 117 Å². The van der Waals surface area contributed by atoms with E-state index in [2.05, 4.69) is 36.1 Å². The molecule has 1 aromatic carbocycles. The maximum atomic E-state index is 6.22.